The van der Waals surface area contributed by atoms with E-state index in [1.165, 1.54) is 7.11 Å². The number of hydrogen-bond donors (Lipinski definition) is 1. The molecular formula is C11H20NO3+. The van der Waals surface area contributed by atoms with Gasteiger partial charge >= 0.3 is 5.97 Å². The summed E-state index contributed by atoms with van der Waals surface area (Å²) in [6.45, 7) is 0.457. The number of aliphatic hydroxyl groups excluding tert-OH is 1. The summed E-state index contributed by atoms with van der Waals surface area (Å²) < 4.78 is 5.53. The molecule has 2 fully saturated rings. The molecule has 15 heavy (non-hydrogen) atoms. The standard InChI is InChI=1S/C11H20NO3/c1-12(7-11(14)15-2)8-3-4-9(12)6-10(13)5-8/h8-10,13H,3-7H2,1-2H3/q+1/t8-,9-,10?,12?/m1/s1. The molecule has 0 aromatic rings. The van der Waals surface area contributed by atoms with Gasteiger partial charge in [0.05, 0.1) is 32.3 Å². The highest BCUT2D eigenvalue weighted by Crippen LogP contribution is 2.40. The van der Waals surface area contributed by atoms with E-state index >= 15 is 0 Å². The quantitative estimate of drug-likeness (QED) is 0.531. The molecule has 0 spiro atoms. The van der Waals surface area contributed by atoms with Crippen molar-refractivity contribution in [3.63, 3.8) is 0 Å². The monoisotopic (exact) mass is 214 g/mol. The fourth-order valence-electron chi connectivity index (χ4n) is 3.32. The highest BCUT2D eigenvalue weighted by Gasteiger charge is 2.52. The maximum Gasteiger partial charge on any atom is 0.361 e. The average Bonchev–Trinajstić information content (AvgIpc) is 2.41. The van der Waals surface area contributed by atoms with Gasteiger partial charge in [-0.25, -0.2) is 4.79 Å². The van der Waals surface area contributed by atoms with Crippen molar-refractivity contribution < 1.29 is 19.1 Å². The SMILES string of the molecule is COC(=O)C[N+]1(C)[C@@H]2CC[C@@H]1CC(O)C2. The molecule has 0 amide bonds. The fourth-order valence-corrected chi connectivity index (χ4v) is 3.32. The zero-order valence-corrected chi connectivity index (χ0v) is 9.48. The Kier molecular flexibility index (Phi) is 2.73. The van der Waals surface area contributed by atoms with Gasteiger partial charge in [-0.1, -0.05) is 0 Å². The van der Waals surface area contributed by atoms with Crippen molar-refractivity contribution >= 4 is 5.97 Å². The second-order valence-electron chi connectivity index (χ2n) is 5.09. The van der Waals surface area contributed by atoms with Gasteiger partial charge in [0.2, 0.25) is 0 Å². The molecule has 0 saturated carbocycles. The first-order chi connectivity index (χ1) is 7.06. The van der Waals surface area contributed by atoms with Crippen molar-refractivity contribution in [1.29, 1.82) is 0 Å². The molecule has 0 radical (unpaired) electrons. The number of esters is 1. The van der Waals surface area contributed by atoms with E-state index < -0.39 is 0 Å². The third-order valence-electron chi connectivity index (χ3n) is 4.29. The molecule has 2 saturated heterocycles. The molecule has 86 valence electrons. The van der Waals surface area contributed by atoms with E-state index in [-0.39, 0.29) is 12.1 Å². The summed E-state index contributed by atoms with van der Waals surface area (Å²) in [4.78, 5) is 11.4. The van der Waals surface area contributed by atoms with Gasteiger partial charge in [0.25, 0.3) is 0 Å². The van der Waals surface area contributed by atoms with Crippen LogP contribution in [0.2, 0.25) is 0 Å². The summed E-state index contributed by atoms with van der Waals surface area (Å²) in [5.74, 6) is -0.134. The number of quaternary nitrogens is 1. The van der Waals surface area contributed by atoms with Crippen LogP contribution in [0.3, 0.4) is 0 Å². The minimum atomic E-state index is -0.161. The van der Waals surface area contributed by atoms with Crippen molar-refractivity contribution in [3.8, 4) is 0 Å². The number of likely N-dealkylation sites (N-methyl/N-ethyl adjacent to an activating group) is 1. The van der Waals surface area contributed by atoms with E-state index in [4.69, 9.17) is 4.74 Å². The Balaban J connectivity index is 2.11. The molecule has 2 atom stereocenters. The molecule has 0 unspecified atom stereocenters. The van der Waals surface area contributed by atoms with Crippen molar-refractivity contribution in [2.75, 3.05) is 20.7 Å². The maximum absolute atomic E-state index is 11.4. The summed E-state index contributed by atoms with van der Waals surface area (Å²) >= 11 is 0. The van der Waals surface area contributed by atoms with Crippen LogP contribution in [0.4, 0.5) is 0 Å². The molecule has 0 aromatic carbocycles. The summed E-state index contributed by atoms with van der Waals surface area (Å²) in [6, 6.07) is 0.885. The summed E-state index contributed by atoms with van der Waals surface area (Å²) in [5, 5.41) is 9.69. The lowest BCUT2D eigenvalue weighted by Crippen LogP contribution is -2.60. The van der Waals surface area contributed by atoms with Crippen LogP contribution in [0.5, 0.6) is 0 Å². The van der Waals surface area contributed by atoms with E-state index in [2.05, 4.69) is 7.05 Å². The Labute approximate surface area is 90.4 Å². The van der Waals surface area contributed by atoms with Gasteiger partial charge in [0.15, 0.2) is 6.54 Å². The van der Waals surface area contributed by atoms with Crippen LogP contribution in [0.1, 0.15) is 25.7 Å². The minimum absolute atomic E-state index is 0.134. The number of aliphatic hydroxyl groups is 1. The zero-order valence-electron chi connectivity index (χ0n) is 9.48. The number of piperidine rings is 1. The molecule has 2 bridgehead atoms. The van der Waals surface area contributed by atoms with Crippen LogP contribution in [-0.2, 0) is 9.53 Å². The fraction of sp³-hybridized carbons (Fsp3) is 0.909. The maximum atomic E-state index is 11.4. The number of nitrogens with zero attached hydrogens (tertiary/aromatic N) is 1. The first kappa shape index (κ1) is 10.9. The van der Waals surface area contributed by atoms with Gasteiger partial charge in [-0.2, -0.15) is 0 Å². The van der Waals surface area contributed by atoms with Crippen molar-refractivity contribution in [2.45, 2.75) is 43.9 Å². The van der Waals surface area contributed by atoms with E-state index in [0.29, 0.717) is 18.6 Å². The Hall–Kier alpha value is -0.610. The minimum Gasteiger partial charge on any atom is -0.465 e. The first-order valence-electron chi connectivity index (χ1n) is 5.66. The lowest BCUT2D eigenvalue weighted by molar-refractivity contribution is -0.942. The second kappa shape index (κ2) is 3.76. The Bertz CT molecular complexity index is 253. The highest BCUT2D eigenvalue weighted by atomic mass is 16.5. The number of hydrogen-bond acceptors (Lipinski definition) is 3. The largest absolute Gasteiger partial charge is 0.465 e. The number of methoxy groups -OCH3 is 1. The van der Waals surface area contributed by atoms with E-state index in [1.807, 2.05) is 0 Å². The molecule has 0 aliphatic carbocycles. The van der Waals surface area contributed by atoms with Crippen LogP contribution in [0.15, 0.2) is 0 Å². The van der Waals surface area contributed by atoms with E-state index in [0.717, 1.165) is 30.2 Å². The Morgan fingerprint density at radius 3 is 2.40 bits per heavy atom. The van der Waals surface area contributed by atoms with Crippen LogP contribution >= 0.6 is 0 Å². The Morgan fingerprint density at radius 1 is 1.40 bits per heavy atom. The van der Waals surface area contributed by atoms with Gasteiger partial charge in [-0.15, -0.1) is 0 Å². The number of carbonyl (C=O) groups is 1. The molecule has 2 rings (SSSR count). The molecule has 4 nitrogen and oxygen atoms in total. The molecular weight excluding hydrogens is 194 g/mol. The molecule has 2 aliphatic heterocycles. The molecule has 2 aliphatic rings. The number of fused-ring (bicyclic) bond motifs is 2. The highest BCUT2D eigenvalue weighted by molar-refractivity contribution is 5.70. The average molecular weight is 214 g/mol. The lowest BCUT2D eigenvalue weighted by atomic mass is 9.97. The molecule has 0 aromatic heterocycles. The number of carbonyl (C=O) groups excluding carboxylic acids is 1. The molecule has 4 heteroatoms. The van der Waals surface area contributed by atoms with Crippen molar-refractivity contribution in [2.24, 2.45) is 0 Å². The van der Waals surface area contributed by atoms with Gasteiger partial charge in [0.1, 0.15) is 0 Å². The van der Waals surface area contributed by atoms with Crippen LogP contribution in [0.25, 0.3) is 0 Å². The van der Waals surface area contributed by atoms with Gasteiger partial charge in [-0.05, 0) is 0 Å². The summed E-state index contributed by atoms with van der Waals surface area (Å²) in [5.41, 5.74) is 0. The Morgan fingerprint density at radius 2 is 1.93 bits per heavy atom. The van der Waals surface area contributed by atoms with Gasteiger partial charge < -0.3 is 14.3 Å². The zero-order chi connectivity index (χ0) is 11.1. The number of rotatable bonds is 2. The van der Waals surface area contributed by atoms with Gasteiger partial charge in [0, 0.05) is 25.7 Å². The summed E-state index contributed by atoms with van der Waals surface area (Å²) in [6.07, 6.45) is 3.78. The lowest BCUT2D eigenvalue weighted by Gasteiger charge is -2.45. The topological polar surface area (TPSA) is 46.5 Å². The molecule has 2 heterocycles. The second-order valence-corrected chi connectivity index (χ2v) is 5.09. The van der Waals surface area contributed by atoms with Crippen LogP contribution < -0.4 is 0 Å². The predicted molar refractivity (Wildman–Crippen MR) is 55.1 cm³/mol. The van der Waals surface area contributed by atoms with E-state index in [1.54, 1.807) is 0 Å². The van der Waals surface area contributed by atoms with E-state index in [9.17, 15) is 9.90 Å². The van der Waals surface area contributed by atoms with Crippen molar-refractivity contribution in [1.82, 2.24) is 0 Å². The smallest absolute Gasteiger partial charge is 0.361 e. The van der Waals surface area contributed by atoms with Crippen molar-refractivity contribution in [3.05, 3.63) is 0 Å². The summed E-state index contributed by atoms with van der Waals surface area (Å²) in [7, 11) is 3.57. The van der Waals surface area contributed by atoms with Crippen LogP contribution in [0, 0.1) is 0 Å². The molecule has 1 N–H and O–H groups in total. The predicted octanol–water partition coefficient (Wildman–Crippen LogP) is 0.292. The van der Waals surface area contributed by atoms with Gasteiger partial charge in [-0.3, -0.25) is 0 Å². The first-order valence-corrected chi connectivity index (χ1v) is 5.66. The third-order valence-corrected chi connectivity index (χ3v) is 4.29. The third kappa shape index (κ3) is 1.76. The van der Waals surface area contributed by atoms with Crippen LogP contribution in [-0.4, -0.2) is 54.4 Å². The number of ether oxygens (including phenoxy) is 1. The normalized spacial score (nSPS) is 44.1.